The van der Waals surface area contributed by atoms with Gasteiger partial charge in [0.15, 0.2) is 11.6 Å². The van der Waals surface area contributed by atoms with E-state index in [0.29, 0.717) is 13.1 Å². The molecule has 0 amide bonds. The number of rotatable bonds is 1. The second-order valence-electron chi connectivity index (χ2n) is 4.50. The highest BCUT2D eigenvalue weighted by atomic mass is 19.2. The second kappa shape index (κ2) is 4.36. The van der Waals surface area contributed by atoms with Crippen LogP contribution in [0.3, 0.4) is 0 Å². The van der Waals surface area contributed by atoms with Crippen LogP contribution in [-0.2, 0) is 13.1 Å². The van der Waals surface area contributed by atoms with E-state index in [4.69, 9.17) is 5.26 Å². The zero-order valence-corrected chi connectivity index (χ0v) is 10.0. The van der Waals surface area contributed by atoms with Gasteiger partial charge in [-0.1, -0.05) is 24.3 Å². The highest BCUT2D eigenvalue weighted by Gasteiger charge is 2.23. The fourth-order valence-corrected chi connectivity index (χ4v) is 2.37. The molecule has 0 radical (unpaired) electrons. The van der Waals surface area contributed by atoms with Crippen molar-refractivity contribution in [1.29, 1.82) is 5.26 Å². The Labute approximate surface area is 109 Å². The van der Waals surface area contributed by atoms with E-state index in [1.54, 1.807) is 11.0 Å². The van der Waals surface area contributed by atoms with Crippen molar-refractivity contribution in [2.45, 2.75) is 13.1 Å². The van der Waals surface area contributed by atoms with Crippen LogP contribution >= 0.6 is 0 Å². The van der Waals surface area contributed by atoms with Gasteiger partial charge in [-0.2, -0.15) is 5.26 Å². The standard InChI is InChI=1S/C15H10F2N2/c16-14-10(7-18)5-6-13(15(14)17)19-8-11-3-1-2-4-12(11)9-19/h1-6H,8-9H2. The first-order chi connectivity index (χ1) is 9.20. The Morgan fingerprint density at radius 2 is 1.58 bits per heavy atom. The van der Waals surface area contributed by atoms with Gasteiger partial charge in [0.25, 0.3) is 0 Å². The van der Waals surface area contributed by atoms with Crippen LogP contribution in [0.15, 0.2) is 36.4 Å². The summed E-state index contributed by atoms with van der Waals surface area (Å²) in [5.74, 6) is -2.03. The predicted molar refractivity (Wildman–Crippen MR) is 67.4 cm³/mol. The quantitative estimate of drug-likeness (QED) is 0.782. The molecule has 0 aromatic heterocycles. The zero-order valence-electron chi connectivity index (χ0n) is 10.0. The van der Waals surface area contributed by atoms with E-state index in [-0.39, 0.29) is 11.3 Å². The smallest absolute Gasteiger partial charge is 0.183 e. The first-order valence-electron chi connectivity index (χ1n) is 5.90. The van der Waals surface area contributed by atoms with Gasteiger partial charge in [0.1, 0.15) is 6.07 Å². The Morgan fingerprint density at radius 1 is 0.947 bits per heavy atom. The van der Waals surface area contributed by atoms with Crippen LogP contribution in [0, 0.1) is 23.0 Å². The first kappa shape index (κ1) is 11.7. The van der Waals surface area contributed by atoms with Gasteiger partial charge in [0.2, 0.25) is 0 Å². The molecule has 19 heavy (non-hydrogen) atoms. The Kier molecular flexibility index (Phi) is 2.68. The first-order valence-corrected chi connectivity index (χ1v) is 5.90. The molecule has 1 heterocycles. The van der Waals surface area contributed by atoms with Crippen molar-refractivity contribution in [3.8, 4) is 6.07 Å². The third-order valence-corrected chi connectivity index (χ3v) is 3.36. The maximum absolute atomic E-state index is 14.0. The molecule has 0 atom stereocenters. The van der Waals surface area contributed by atoms with Crippen LogP contribution in [-0.4, -0.2) is 0 Å². The Bertz CT molecular complexity index is 664. The summed E-state index contributed by atoms with van der Waals surface area (Å²) in [7, 11) is 0. The highest BCUT2D eigenvalue weighted by molar-refractivity contribution is 5.55. The molecule has 0 spiro atoms. The molecular formula is C15H10F2N2. The second-order valence-corrected chi connectivity index (χ2v) is 4.50. The Balaban J connectivity index is 1.99. The number of fused-ring (bicyclic) bond motifs is 1. The maximum atomic E-state index is 14.0. The lowest BCUT2D eigenvalue weighted by Crippen LogP contribution is -2.17. The molecule has 1 aliphatic heterocycles. The summed E-state index contributed by atoms with van der Waals surface area (Å²) in [5, 5.41) is 8.67. The van der Waals surface area contributed by atoms with Gasteiger partial charge in [-0.15, -0.1) is 0 Å². The summed E-state index contributed by atoms with van der Waals surface area (Å²) in [6.07, 6.45) is 0. The van der Waals surface area contributed by atoms with Gasteiger partial charge >= 0.3 is 0 Å². The highest BCUT2D eigenvalue weighted by Crippen LogP contribution is 2.31. The van der Waals surface area contributed by atoms with Crippen LogP contribution in [0.5, 0.6) is 0 Å². The molecule has 0 N–H and O–H groups in total. The van der Waals surface area contributed by atoms with Crippen LogP contribution in [0.1, 0.15) is 16.7 Å². The lowest BCUT2D eigenvalue weighted by molar-refractivity contribution is 0.504. The van der Waals surface area contributed by atoms with E-state index in [0.717, 1.165) is 11.1 Å². The number of hydrogen-bond donors (Lipinski definition) is 0. The SMILES string of the molecule is N#Cc1ccc(N2Cc3ccccc3C2)c(F)c1F. The van der Waals surface area contributed by atoms with Crippen LogP contribution in [0.4, 0.5) is 14.5 Å². The normalized spacial score (nSPS) is 13.2. The fraction of sp³-hybridized carbons (Fsp3) is 0.133. The minimum atomic E-state index is -1.07. The molecule has 0 unspecified atom stereocenters. The van der Waals surface area contributed by atoms with Crippen molar-refractivity contribution >= 4 is 5.69 Å². The van der Waals surface area contributed by atoms with Crippen LogP contribution in [0.2, 0.25) is 0 Å². The van der Waals surface area contributed by atoms with Gasteiger partial charge in [-0.25, -0.2) is 8.78 Å². The van der Waals surface area contributed by atoms with Gasteiger partial charge in [-0.3, -0.25) is 0 Å². The molecule has 2 aromatic rings. The van der Waals surface area contributed by atoms with Crippen molar-refractivity contribution < 1.29 is 8.78 Å². The topological polar surface area (TPSA) is 27.0 Å². The van der Waals surface area contributed by atoms with Crippen LogP contribution in [0.25, 0.3) is 0 Å². The lowest BCUT2D eigenvalue weighted by Gasteiger charge is -2.18. The fourth-order valence-electron chi connectivity index (χ4n) is 2.37. The van der Waals surface area contributed by atoms with E-state index >= 15 is 0 Å². The lowest BCUT2D eigenvalue weighted by atomic mass is 10.1. The monoisotopic (exact) mass is 256 g/mol. The molecular weight excluding hydrogens is 246 g/mol. The Hall–Kier alpha value is -2.41. The third-order valence-electron chi connectivity index (χ3n) is 3.36. The molecule has 0 aliphatic carbocycles. The summed E-state index contributed by atoms with van der Waals surface area (Å²) >= 11 is 0. The van der Waals surface area contributed by atoms with Gasteiger partial charge in [0, 0.05) is 13.1 Å². The number of hydrogen-bond acceptors (Lipinski definition) is 2. The summed E-state index contributed by atoms with van der Waals surface area (Å²) < 4.78 is 27.6. The average molecular weight is 256 g/mol. The predicted octanol–water partition coefficient (Wildman–Crippen LogP) is 3.36. The maximum Gasteiger partial charge on any atom is 0.183 e. The molecule has 94 valence electrons. The molecule has 3 rings (SSSR count). The van der Waals surface area contributed by atoms with Crippen molar-refractivity contribution in [2.75, 3.05) is 4.90 Å². The van der Waals surface area contributed by atoms with Crippen LogP contribution < -0.4 is 4.90 Å². The van der Waals surface area contributed by atoms with E-state index in [2.05, 4.69) is 0 Å². The van der Waals surface area contributed by atoms with Gasteiger partial charge in [0.05, 0.1) is 11.3 Å². The number of nitrogens with zero attached hydrogens (tertiary/aromatic N) is 2. The minimum Gasteiger partial charge on any atom is -0.360 e. The molecule has 4 heteroatoms. The number of nitriles is 1. The van der Waals surface area contributed by atoms with Crippen molar-refractivity contribution in [3.63, 3.8) is 0 Å². The average Bonchev–Trinajstić information content (AvgIpc) is 2.85. The largest absolute Gasteiger partial charge is 0.360 e. The molecule has 0 fully saturated rings. The van der Waals surface area contributed by atoms with Gasteiger partial charge < -0.3 is 4.90 Å². The van der Waals surface area contributed by atoms with Crippen molar-refractivity contribution in [1.82, 2.24) is 0 Å². The van der Waals surface area contributed by atoms with Crippen molar-refractivity contribution in [2.24, 2.45) is 0 Å². The summed E-state index contributed by atoms with van der Waals surface area (Å²) in [4.78, 5) is 1.77. The molecule has 2 nitrogen and oxygen atoms in total. The van der Waals surface area contributed by atoms with E-state index in [9.17, 15) is 8.78 Å². The van der Waals surface area contributed by atoms with Gasteiger partial charge in [-0.05, 0) is 23.3 Å². The molecule has 0 bridgehead atoms. The van der Waals surface area contributed by atoms with Crippen molar-refractivity contribution in [3.05, 3.63) is 64.7 Å². The third kappa shape index (κ3) is 1.84. The number of halogens is 2. The molecule has 0 saturated heterocycles. The molecule has 0 saturated carbocycles. The molecule has 1 aliphatic rings. The summed E-state index contributed by atoms with van der Waals surface area (Å²) in [6, 6.07) is 12.2. The number of benzene rings is 2. The zero-order chi connectivity index (χ0) is 13.4. The van der Waals surface area contributed by atoms with E-state index in [1.165, 1.54) is 12.1 Å². The Morgan fingerprint density at radius 3 is 2.16 bits per heavy atom. The summed E-state index contributed by atoms with van der Waals surface area (Å²) in [5.41, 5.74) is 2.17. The molecule has 2 aromatic carbocycles. The van der Waals surface area contributed by atoms with E-state index < -0.39 is 11.6 Å². The minimum absolute atomic E-state index is 0.202. The summed E-state index contributed by atoms with van der Waals surface area (Å²) in [6.45, 7) is 1.11. The van der Waals surface area contributed by atoms with E-state index in [1.807, 2.05) is 24.3 Å². The number of anilines is 1.